The molecule has 0 heterocycles. The van der Waals surface area contributed by atoms with Gasteiger partial charge in [0.05, 0.1) is 19.1 Å². The van der Waals surface area contributed by atoms with Crippen molar-refractivity contribution in [1.82, 2.24) is 0 Å². The smallest absolute Gasteiger partial charge is 0.337 e. The maximum Gasteiger partial charge on any atom is 0.337 e. The highest BCUT2D eigenvalue weighted by Crippen LogP contribution is 2.20. The minimum atomic E-state index is -0.380. The number of rotatable bonds is 6. The van der Waals surface area contributed by atoms with Gasteiger partial charge in [0.25, 0.3) is 0 Å². The molecule has 27 heavy (non-hydrogen) atoms. The van der Waals surface area contributed by atoms with Gasteiger partial charge in [0.15, 0.2) is 0 Å². The molecule has 3 aromatic carbocycles. The normalized spacial score (nSPS) is 10.1. The second-order valence-electron chi connectivity index (χ2n) is 5.99. The minimum Gasteiger partial charge on any atom is -0.465 e. The number of hydrogen-bond donors (Lipinski definition) is 2. The molecule has 0 fully saturated rings. The molecule has 0 spiro atoms. The van der Waals surface area contributed by atoms with Crippen molar-refractivity contribution in [2.45, 2.75) is 6.42 Å². The van der Waals surface area contributed by atoms with Crippen molar-refractivity contribution < 1.29 is 14.3 Å². The molecule has 5 nitrogen and oxygen atoms in total. The fourth-order valence-corrected chi connectivity index (χ4v) is 2.63. The van der Waals surface area contributed by atoms with Crippen LogP contribution in [0.5, 0.6) is 0 Å². The Bertz CT molecular complexity index is 922. The van der Waals surface area contributed by atoms with Crippen LogP contribution in [0.4, 0.5) is 17.1 Å². The zero-order chi connectivity index (χ0) is 19.1. The van der Waals surface area contributed by atoms with Crippen molar-refractivity contribution in [1.29, 1.82) is 0 Å². The van der Waals surface area contributed by atoms with Crippen LogP contribution >= 0.6 is 0 Å². The number of anilines is 3. The molecule has 0 saturated heterocycles. The number of carbonyl (C=O) groups excluding carboxylic acids is 2. The van der Waals surface area contributed by atoms with E-state index in [2.05, 4.69) is 10.6 Å². The number of esters is 1. The summed E-state index contributed by atoms with van der Waals surface area (Å²) in [6, 6.07) is 24.1. The summed E-state index contributed by atoms with van der Waals surface area (Å²) in [6.45, 7) is 0. The summed E-state index contributed by atoms with van der Waals surface area (Å²) in [4.78, 5) is 23.7. The number of methoxy groups -OCH3 is 1. The number of ether oxygens (including phenoxy) is 1. The standard InChI is InChI=1S/C22H20N2O3/c1-27-22(26)17-8-5-9-20(15-17)23-18-10-12-19(13-11-18)24-21(25)14-16-6-3-2-4-7-16/h2-13,15,23H,14H2,1H3,(H,24,25). The number of nitrogens with one attached hydrogen (secondary N) is 2. The Balaban J connectivity index is 1.60. The molecule has 3 rings (SSSR count). The highest BCUT2D eigenvalue weighted by Gasteiger charge is 2.06. The summed E-state index contributed by atoms with van der Waals surface area (Å²) in [5.74, 6) is -0.442. The first-order chi connectivity index (χ1) is 13.1. The van der Waals surface area contributed by atoms with Crippen LogP contribution in [0.3, 0.4) is 0 Å². The van der Waals surface area contributed by atoms with Crippen LogP contribution in [0.25, 0.3) is 0 Å². The van der Waals surface area contributed by atoms with Crippen molar-refractivity contribution >= 4 is 28.9 Å². The van der Waals surface area contributed by atoms with E-state index in [9.17, 15) is 9.59 Å². The first kappa shape index (κ1) is 18.2. The zero-order valence-corrected chi connectivity index (χ0v) is 14.9. The molecule has 0 saturated carbocycles. The van der Waals surface area contributed by atoms with Crippen molar-refractivity contribution in [3.8, 4) is 0 Å². The van der Waals surface area contributed by atoms with E-state index in [1.165, 1.54) is 7.11 Å². The van der Waals surface area contributed by atoms with Gasteiger partial charge >= 0.3 is 5.97 Å². The lowest BCUT2D eigenvalue weighted by Gasteiger charge is -2.10. The van der Waals surface area contributed by atoms with E-state index in [-0.39, 0.29) is 11.9 Å². The van der Waals surface area contributed by atoms with Crippen molar-refractivity contribution in [2.75, 3.05) is 17.7 Å². The van der Waals surface area contributed by atoms with E-state index in [0.29, 0.717) is 12.0 Å². The van der Waals surface area contributed by atoms with Gasteiger partial charge in [-0.05, 0) is 48.0 Å². The van der Waals surface area contributed by atoms with Crippen LogP contribution in [0.15, 0.2) is 78.9 Å². The third-order valence-electron chi connectivity index (χ3n) is 3.95. The Morgan fingerprint density at radius 2 is 1.52 bits per heavy atom. The second kappa shape index (κ2) is 8.67. The predicted molar refractivity (Wildman–Crippen MR) is 106 cm³/mol. The van der Waals surface area contributed by atoms with Crippen LogP contribution in [0, 0.1) is 0 Å². The summed E-state index contributed by atoms with van der Waals surface area (Å²) in [6.07, 6.45) is 0.334. The Morgan fingerprint density at radius 1 is 0.815 bits per heavy atom. The SMILES string of the molecule is COC(=O)c1cccc(Nc2ccc(NC(=O)Cc3ccccc3)cc2)c1. The monoisotopic (exact) mass is 360 g/mol. The molecule has 0 aliphatic heterocycles. The Hall–Kier alpha value is -3.60. The molecule has 0 aliphatic carbocycles. The van der Waals surface area contributed by atoms with Crippen LogP contribution in [-0.2, 0) is 16.0 Å². The number of amides is 1. The first-order valence-electron chi connectivity index (χ1n) is 8.53. The molecule has 136 valence electrons. The number of hydrogen-bond acceptors (Lipinski definition) is 4. The van der Waals surface area contributed by atoms with Gasteiger partial charge in [-0.3, -0.25) is 4.79 Å². The second-order valence-corrected chi connectivity index (χ2v) is 5.99. The van der Waals surface area contributed by atoms with E-state index >= 15 is 0 Å². The third kappa shape index (κ3) is 5.19. The highest BCUT2D eigenvalue weighted by atomic mass is 16.5. The van der Waals surface area contributed by atoms with Crippen molar-refractivity contribution in [3.63, 3.8) is 0 Å². The summed E-state index contributed by atoms with van der Waals surface area (Å²) in [5.41, 5.74) is 3.80. The van der Waals surface area contributed by atoms with Gasteiger partial charge in [-0.2, -0.15) is 0 Å². The summed E-state index contributed by atoms with van der Waals surface area (Å²) in [5, 5.41) is 6.11. The fourth-order valence-electron chi connectivity index (χ4n) is 2.63. The predicted octanol–water partition coefficient (Wildman–Crippen LogP) is 4.40. The molecular weight excluding hydrogens is 340 g/mol. The number of benzene rings is 3. The molecule has 0 unspecified atom stereocenters. The topological polar surface area (TPSA) is 67.4 Å². The van der Waals surface area contributed by atoms with Crippen LogP contribution in [0.1, 0.15) is 15.9 Å². The van der Waals surface area contributed by atoms with Crippen molar-refractivity contribution in [3.05, 3.63) is 90.0 Å². The van der Waals surface area contributed by atoms with Crippen molar-refractivity contribution in [2.24, 2.45) is 0 Å². The van der Waals surface area contributed by atoms with Crippen LogP contribution in [0.2, 0.25) is 0 Å². The molecule has 2 N–H and O–H groups in total. The molecule has 0 aromatic heterocycles. The Labute approximate surface area is 158 Å². The van der Waals surface area contributed by atoms with Crippen LogP contribution < -0.4 is 10.6 Å². The van der Waals surface area contributed by atoms with Gasteiger partial charge < -0.3 is 15.4 Å². The summed E-state index contributed by atoms with van der Waals surface area (Å²) in [7, 11) is 1.35. The molecule has 0 bridgehead atoms. The molecular formula is C22H20N2O3. The summed E-state index contributed by atoms with van der Waals surface area (Å²) < 4.78 is 4.73. The van der Waals surface area contributed by atoms with E-state index in [0.717, 1.165) is 22.6 Å². The van der Waals surface area contributed by atoms with Gasteiger partial charge in [-0.15, -0.1) is 0 Å². The zero-order valence-electron chi connectivity index (χ0n) is 14.9. The average Bonchev–Trinajstić information content (AvgIpc) is 2.70. The molecule has 0 aliphatic rings. The fraction of sp³-hybridized carbons (Fsp3) is 0.0909. The van der Waals surface area contributed by atoms with E-state index in [4.69, 9.17) is 4.74 Å². The highest BCUT2D eigenvalue weighted by molar-refractivity contribution is 5.92. The molecule has 5 heteroatoms. The van der Waals surface area contributed by atoms with Gasteiger partial charge in [0, 0.05) is 17.1 Å². The number of carbonyl (C=O) groups is 2. The molecule has 3 aromatic rings. The van der Waals surface area contributed by atoms with Crippen LogP contribution in [-0.4, -0.2) is 19.0 Å². The van der Waals surface area contributed by atoms with Gasteiger partial charge in [0.1, 0.15) is 0 Å². The Morgan fingerprint density at radius 3 is 2.22 bits per heavy atom. The van der Waals surface area contributed by atoms with Gasteiger partial charge in [-0.25, -0.2) is 4.79 Å². The average molecular weight is 360 g/mol. The van der Waals surface area contributed by atoms with E-state index in [1.54, 1.807) is 18.2 Å². The summed E-state index contributed by atoms with van der Waals surface area (Å²) >= 11 is 0. The lowest BCUT2D eigenvalue weighted by molar-refractivity contribution is -0.115. The maximum absolute atomic E-state index is 12.1. The minimum absolute atomic E-state index is 0.0623. The van der Waals surface area contributed by atoms with Gasteiger partial charge in [0.2, 0.25) is 5.91 Å². The molecule has 1 amide bonds. The van der Waals surface area contributed by atoms with E-state index < -0.39 is 0 Å². The maximum atomic E-state index is 12.1. The Kier molecular flexibility index (Phi) is 5.84. The third-order valence-corrected chi connectivity index (χ3v) is 3.95. The lowest BCUT2D eigenvalue weighted by atomic mass is 10.1. The molecule has 0 radical (unpaired) electrons. The quantitative estimate of drug-likeness (QED) is 0.640. The lowest BCUT2D eigenvalue weighted by Crippen LogP contribution is -2.14. The first-order valence-corrected chi connectivity index (χ1v) is 8.53. The van der Waals surface area contributed by atoms with E-state index in [1.807, 2.05) is 60.7 Å². The molecule has 0 atom stereocenters. The largest absolute Gasteiger partial charge is 0.465 e. The van der Waals surface area contributed by atoms with Gasteiger partial charge in [-0.1, -0.05) is 36.4 Å².